The minimum atomic E-state index is -0.347. The summed E-state index contributed by atoms with van der Waals surface area (Å²) in [6.07, 6.45) is 1.08. The molecule has 1 N–H and O–H groups in total. The summed E-state index contributed by atoms with van der Waals surface area (Å²) in [4.78, 5) is 24.2. The van der Waals surface area contributed by atoms with Crippen molar-refractivity contribution in [3.05, 3.63) is 77.9 Å². The Morgan fingerprint density at radius 2 is 1.65 bits per heavy atom. The molecule has 26 heavy (non-hydrogen) atoms. The van der Waals surface area contributed by atoms with Gasteiger partial charge in [0.1, 0.15) is 0 Å². The number of carbonyl (C=O) groups is 2. The van der Waals surface area contributed by atoms with Crippen LogP contribution < -0.4 is 5.32 Å². The second-order valence-corrected chi connectivity index (χ2v) is 6.08. The number of fused-ring (bicyclic) bond motifs is 1. The van der Waals surface area contributed by atoms with E-state index in [9.17, 15) is 9.59 Å². The van der Waals surface area contributed by atoms with E-state index in [1.165, 1.54) is 0 Å². The first-order chi connectivity index (χ1) is 12.7. The van der Waals surface area contributed by atoms with Crippen LogP contribution in [0, 0.1) is 0 Å². The average molecular weight is 347 g/mol. The molecule has 4 heteroatoms. The van der Waals surface area contributed by atoms with Crippen molar-refractivity contribution < 1.29 is 14.3 Å². The van der Waals surface area contributed by atoms with Crippen molar-refractivity contribution in [2.24, 2.45) is 0 Å². The van der Waals surface area contributed by atoms with Gasteiger partial charge in [0.25, 0.3) is 0 Å². The second kappa shape index (κ2) is 8.30. The molecule has 0 spiro atoms. The molecular formula is C22H21NO3. The molecule has 0 aliphatic heterocycles. The summed E-state index contributed by atoms with van der Waals surface area (Å²) in [7, 11) is 0. The van der Waals surface area contributed by atoms with Crippen molar-refractivity contribution in [1.82, 2.24) is 0 Å². The monoisotopic (exact) mass is 347 g/mol. The van der Waals surface area contributed by atoms with Crippen LogP contribution in [-0.4, -0.2) is 18.5 Å². The van der Waals surface area contributed by atoms with Crippen LogP contribution in [0.3, 0.4) is 0 Å². The minimum Gasteiger partial charge on any atom is -0.462 e. The predicted octanol–water partition coefficient (Wildman–Crippen LogP) is 4.59. The number of anilines is 1. The first kappa shape index (κ1) is 17.7. The quantitative estimate of drug-likeness (QED) is 0.664. The average Bonchev–Trinajstić information content (AvgIpc) is 2.67. The van der Waals surface area contributed by atoms with Gasteiger partial charge in [0.05, 0.1) is 18.6 Å². The lowest BCUT2D eigenvalue weighted by atomic mass is 10.0. The lowest BCUT2D eigenvalue weighted by molar-refractivity contribution is -0.115. The van der Waals surface area contributed by atoms with Gasteiger partial charge >= 0.3 is 5.97 Å². The van der Waals surface area contributed by atoms with Gasteiger partial charge in [-0.15, -0.1) is 0 Å². The number of nitrogens with one attached hydrogen (secondary N) is 1. The van der Waals surface area contributed by atoms with E-state index in [0.717, 1.165) is 22.8 Å². The summed E-state index contributed by atoms with van der Waals surface area (Å²) >= 11 is 0. The molecule has 1 amide bonds. The highest BCUT2D eigenvalue weighted by Crippen LogP contribution is 2.19. The fraction of sp³-hybridized carbons (Fsp3) is 0.182. The molecule has 0 atom stereocenters. The van der Waals surface area contributed by atoms with Gasteiger partial charge in [0.2, 0.25) is 5.91 Å². The first-order valence-electron chi connectivity index (χ1n) is 8.71. The second-order valence-electron chi connectivity index (χ2n) is 6.08. The number of ether oxygens (including phenoxy) is 1. The Labute approximate surface area is 152 Å². The van der Waals surface area contributed by atoms with Crippen LogP contribution in [0.4, 0.5) is 5.69 Å². The molecule has 3 rings (SSSR count). The van der Waals surface area contributed by atoms with E-state index in [4.69, 9.17) is 4.74 Å². The van der Waals surface area contributed by atoms with E-state index in [0.29, 0.717) is 24.3 Å². The van der Waals surface area contributed by atoms with E-state index < -0.39 is 0 Å². The molecule has 0 aromatic heterocycles. The summed E-state index contributed by atoms with van der Waals surface area (Å²) in [5.41, 5.74) is 2.12. The van der Waals surface area contributed by atoms with Gasteiger partial charge in [-0.2, -0.15) is 0 Å². The lowest BCUT2D eigenvalue weighted by Crippen LogP contribution is -2.14. The maximum absolute atomic E-state index is 12.4. The summed E-state index contributed by atoms with van der Waals surface area (Å²) in [6.45, 7) is 2.35. The number of rotatable bonds is 6. The van der Waals surface area contributed by atoms with Crippen LogP contribution in [0.5, 0.6) is 0 Å². The number of amides is 1. The first-order valence-corrected chi connectivity index (χ1v) is 8.71. The Morgan fingerprint density at radius 1 is 0.923 bits per heavy atom. The zero-order chi connectivity index (χ0) is 18.4. The number of benzene rings is 3. The third-order valence-corrected chi connectivity index (χ3v) is 4.07. The van der Waals surface area contributed by atoms with Crippen LogP contribution in [0.25, 0.3) is 10.8 Å². The number of esters is 1. The molecule has 0 radical (unpaired) electrons. The Morgan fingerprint density at radius 3 is 2.42 bits per heavy atom. The van der Waals surface area contributed by atoms with Crippen LogP contribution in [0.15, 0.2) is 66.7 Å². The SMILES string of the molecule is CCCOC(=O)c1ccc(NC(=O)Cc2cccc3ccccc23)cc1. The zero-order valence-corrected chi connectivity index (χ0v) is 14.7. The molecule has 0 aliphatic rings. The van der Waals surface area contributed by atoms with E-state index in [1.54, 1.807) is 24.3 Å². The third kappa shape index (κ3) is 4.28. The Bertz CT molecular complexity index is 911. The summed E-state index contributed by atoms with van der Waals surface area (Å²) in [5.74, 6) is -0.442. The highest BCUT2D eigenvalue weighted by molar-refractivity contribution is 5.96. The molecule has 0 fully saturated rings. The van der Waals surface area contributed by atoms with E-state index in [2.05, 4.69) is 5.32 Å². The molecule has 0 heterocycles. The molecule has 0 bridgehead atoms. The normalized spacial score (nSPS) is 10.5. The third-order valence-electron chi connectivity index (χ3n) is 4.07. The number of hydrogen-bond acceptors (Lipinski definition) is 3. The number of hydrogen-bond donors (Lipinski definition) is 1. The van der Waals surface area contributed by atoms with E-state index >= 15 is 0 Å². The smallest absolute Gasteiger partial charge is 0.338 e. The van der Waals surface area contributed by atoms with Gasteiger partial charge in [0, 0.05) is 5.69 Å². The van der Waals surface area contributed by atoms with Gasteiger partial charge in [-0.25, -0.2) is 4.79 Å². The molecule has 3 aromatic rings. The Kier molecular flexibility index (Phi) is 5.64. The van der Waals surface area contributed by atoms with Crippen molar-refractivity contribution in [2.45, 2.75) is 19.8 Å². The topological polar surface area (TPSA) is 55.4 Å². The zero-order valence-electron chi connectivity index (χ0n) is 14.7. The van der Waals surface area contributed by atoms with Crippen molar-refractivity contribution in [3.63, 3.8) is 0 Å². The van der Waals surface area contributed by atoms with E-state index in [1.807, 2.05) is 49.4 Å². The highest BCUT2D eigenvalue weighted by Gasteiger charge is 2.09. The maximum atomic E-state index is 12.4. The molecule has 132 valence electrons. The van der Waals surface area contributed by atoms with Gasteiger partial charge in [-0.05, 0) is 47.0 Å². The maximum Gasteiger partial charge on any atom is 0.338 e. The van der Waals surface area contributed by atoms with Gasteiger partial charge in [-0.3, -0.25) is 4.79 Å². The van der Waals surface area contributed by atoms with E-state index in [-0.39, 0.29) is 11.9 Å². The summed E-state index contributed by atoms with van der Waals surface area (Å²) in [5, 5.41) is 5.07. The summed E-state index contributed by atoms with van der Waals surface area (Å²) in [6, 6.07) is 20.7. The Hall–Kier alpha value is -3.14. The molecule has 0 aliphatic carbocycles. The molecule has 4 nitrogen and oxygen atoms in total. The molecule has 0 unspecified atom stereocenters. The van der Waals surface area contributed by atoms with Crippen molar-refractivity contribution in [1.29, 1.82) is 0 Å². The van der Waals surface area contributed by atoms with Crippen LogP contribution in [0.2, 0.25) is 0 Å². The minimum absolute atomic E-state index is 0.0948. The fourth-order valence-electron chi connectivity index (χ4n) is 2.79. The molecule has 0 saturated carbocycles. The molecular weight excluding hydrogens is 326 g/mol. The van der Waals surface area contributed by atoms with Crippen molar-refractivity contribution >= 4 is 28.3 Å². The standard InChI is InChI=1S/C22H21NO3/c1-2-14-26-22(25)17-10-12-19(13-11-17)23-21(24)15-18-8-5-7-16-6-3-4-9-20(16)18/h3-13H,2,14-15H2,1H3,(H,23,24). The van der Waals surface area contributed by atoms with Gasteiger partial charge in [-0.1, -0.05) is 49.4 Å². The molecule has 3 aromatic carbocycles. The van der Waals surface area contributed by atoms with Crippen molar-refractivity contribution in [2.75, 3.05) is 11.9 Å². The molecule has 0 saturated heterocycles. The van der Waals surface area contributed by atoms with Crippen molar-refractivity contribution in [3.8, 4) is 0 Å². The largest absolute Gasteiger partial charge is 0.462 e. The van der Waals surface area contributed by atoms with Crippen LogP contribution >= 0.6 is 0 Å². The number of carbonyl (C=O) groups excluding carboxylic acids is 2. The fourth-order valence-corrected chi connectivity index (χ4v) is 2.79. The Balaban J connectivity index is 1.65. The van der Waals surface area contributed by atoms with Gasteiger partial charge < -0.3 is 10.1 Å². The summed E-state index contributed by atoms with van der Waals surface area (Å²) < 4.78 is 5.09. The van der Waals surface area contributed by atoms with Crippen LogP contribution in [0.1, 0.15) is 29.3 Å². The lowest BCUT2D eigenvalue weighted by Gasteiger charge is -2.09. The highest BCUT2D eigenvalue weighted by atomic mass is 16.5. The van der Waals surface area contributed by atoms with Gasteiger partial charge in [0.15, 0.2) is 0 Å². The van der Waals surface area contributed by atoms with Crippen LogP contribution in [-0.2, 0) is 16.0 Å². The predicted molar refractivity (Wildman–Crippen MR) is 103 cm³/mol.